The summed E-state index contributed by atoms with van der Waals surface area (Å²) in [6.45, 7) is 5.92. The first kappa shape index (κ1) is 14.2. The molecule has 1 aliphatic rings. The fraction of sp³-hybridized carbons (Fsp3) is 0.533. The molecule has 1 unspecified atom stereocenters. The Morgan fingerprint density at radius 3 is 2.95 bits per heavy atom. The minimum Gasteiger partial charge on any atom is -0.384 e. The van der Waals surface area contributed by atoms with Crippen molar-refractivity contribution < 1.29 is 4.79 Å². The number of anilines is 1. The summed E-state index contributed by atoms with van der Waals surface area (Å²) in [6.07, 6.45) is 3.20. The molecular weight excluding hydrogens is 260 g/mol. The van der Waals surface area contributed by atoms with E-state index in [1.807, 2.05) is 17.0 Å². The van der Waals surface area contributed by atoms with Gasteiger partial charge in [0, 0.05) is 29.8 Å². The van der Waals surface area contributed by atoms with Gasteiger partial charge in [0.2, 0.25) is 0 Å². The van der Waals surface area contributed by atoms with Gasteiger partial charge in [-0.05, 0) is 44.4 Å². The third-order valence-corrected chi connectivity index (χ3v) is 3.83. The Bertz CT molecular complexity index is 461. The molecule has 1 fully saturated rings. The highest BCUT2D eigenvalue weighted by Gasteiger charge is 2.27. The number of halogens is 1. The summed E-state index contributed by atoms with van der Waals surface area (Å²) in [5, 5.41) is 3.91. The van der Waals surface area contributed by atoms with Crippen LogP contribution >= 0.6 is 11.6 Å². The molecule has 19 heavy (non-hydrogen) atoms. The van der Waals surface area contributed by atoms with Gasteiger partial charge < -0.3 is 10.2 Å². The Kier molecular flexibility index (Phi) is 4.70. The number of benzene rings is 1. The third kappa shape index (κ3) is 3.21. The van der Waals surface area contributed by atoms with Gasteiger partial charge in [0.1, 0.15) is 0 Å². The lowest BCUT2D eigenvalue weighted by Gasteiger charge is -2.23. The molecule has 1 aromatic carbocycles. The van der Waals surface area contributed by atoms with Gasteiger partial charge in [0.25, 0.3) is 5.91 Å². The van der Waals surface area contributed by atoms with Gasteiger partial charge in [-0.25, -0.2) is 0 Å². The Hall–Kier alpha value is -1.22. The van der Waals surface area contributed by atoms with Gasteiger partial charge in [-0.15, -0.1) is 0 Å². The zero-order chi connectivity index (χ0) is 13.8. The van der Waals surface area contributed by atoms with E-state index >= 15 is 0 Å². The number of hydrogen-bond donors (Lipinski definition) is 1. The summed E-state index contributed by atoms with van der Waals surface area (Å²) >= 11 is 6.04. The predicted molar refractivity (Wildman–Crippen MR) is 80.0 cm³/mol. The highest BCUT2D eigenvalue weighted by atomic mass is 35.5. The van der Waals surface area contributed by atoms with Gasteiger partial charge in [0.15, 0.2) is 0 Å². The van der Waals surface area contributed by atoms with Crippen molar-refractivity contribution in [3.8, 4) is 0 Å². The van der Waals surface area contributed by atoms with Gasteiger partial charge in [-0.3, -0.25) is 4.79 Å². The molecule has 4 heteroatoms. The van der Waals surface area contributed by atoms with Crippen LogP contribution in [0.1, 0.15) is 43.5 Å². The molecule has 1 saturated heterocycles. The number of likely N-dealkylation sites (tertiary alicyclic amines) is 1. The molecule has 2 rings (SSSR count). The number of rotatable bonds is 4. The molecule has 1 aromatic rings. The smallest absolute Gasteiger partial charge is 0.256 e. The lowest BCUT2D eigenvalue weighted by molar-refractivity contribution is 0.0748. The Morgan fingerprint density at radius 2 is 2.32 bits per heavy atom. The normalized spacial score (nSPS) is 18.7. The summed E-state index contributed by atoms with van der Waals surface area (Å²) < 4.78 is 0. The molecule has 104 valence electrons. The molecule has 1 atom stereocenters. The van der Waals surface area contributed by atoms with Crippen LogP contribution in [0.3, 0.4) is 0 Å². The molecule has 0 spiro atoms. The van der Waals surface area contributed by atoms with E-state index in [0.29, 0.717) is 16.6 Å². The van der Waals surface area contributed by atoms with Crippen LogP contribution in [0.4, 0.5) is 5.69 Å². The number of carbonyl (C=O) groups excluding carboxylic acids is 1. The van der Waals surface area contributed by atoms with Gasteiger partial charge in [-0.1, -0.05) is 18.5 Å². The number of hydrogen-bond acceptors (Lipinski definition) is 2. The molecule has 1 aliphatic heterocycles. The molecular formula is C15H21ClN2O. The third-order valence-electron chi connectivity index (χ3n) is 3.59. The van der Waals surface area contributed by atoms with E-state index in [0.717, 1.165) is 38.0 Å². The standard InChI is InChI=1S/C15H21ClN2O/c1-3-8-17-14-7-6-12(16)10-13(14)15(19)18-9-4-5-11(18)2/h6-7,10-11,17H,3-5,8-9H2,1-2H3. The van der Waals surface area contributed by atoms with Crippen LogP contribution in [0.5, 0.6) is 0 Å². The number of nitrogens with zero attached hydrogens (tertiary/aromatic N) is 1. The van der Waals surface area contributed by atoms with E-state index in [-0.39, 0.29) is 5.91 Å². The average molecular weight is 281 g/mol. The monoisotopic (exact) mass is 280 g/mol. The van der Waals surface area contributed by atoms with Crippen molar-refractivity contribution in [2.24, 2.45) is 0 Å². The summed E-state index contributed by atoms with van der Waals surface area (Å²) in [5.41, 5.74) is 1.57. The molecule has 0 saturated carbocycles. The number of amides is 1. The van der Waals surface area contributed by atoms with Crippen molar-refractivity contribution in [3.63, 3.8) is 0 Å². The Morgan fingerprint density at radius 1 is 1.53 bits per heavy atom. The molecule has 1 heterocycles. The molecule has 3 nitrogen and oxygen atoms in total. The maximum Gasteiger partial charge on any atom is 0.256 e. The van der Waals surface area contributed by atoms with Crippen molar-refractivity contribution in [2.45, 2.75) is 39.2 Å². The summed E-state index contributed by atoms with van der Waals surface area (Å²) in [4.78, 5) is 14.6. The van der Waals surface area contributed by atoms with Crippen molar-refractivity contribution >= 4 is 23.2 Å². The topological polar surface area (TPSA) is 32.3 Å². The minimum atomic E-state index is 0.0890. The van der Waals surface area contributed by atoms with E-state index in [1.165, 1.54) is 0 Å². The first-order chi connectivity index (χ1) is 9.13. The van der Waals surface area contributed by atoms with E-state index in [2.05, 4.69) is 19.2 Å². The first-order valence-electron chi connectivity index (χ1n) is 6.98. The van der Waals surface area contributed by atoms with E-state index in [9.17, 15) is 4.79 Å². The summed E-state index contributed by atoms with van der Waals surface area (Å²) in [7, 11) is 0. The lowest BCUT2D eigenvalue weighted by Crippen LogP contribution is -2.34. The maximum atomic E-state index is 12.6. The molecule has 0 radical (unpaired) electrons. The largest absolute Gasteiger partial charge is 0.384 e. The highest BCUT2D eigenvalue weighted by molar-refractivity contribution is 6.31. The second kappa shape index (κ2) is 6.29. The lowest BCUT2D eigenvalue weighted by atomic mass is 10.1. The Labute approximate surface area is 119 Å². The van der Waals surface area contributed by atoms with Crippen LogP contribution in [0.2, 0.25) is 5.02 Å². The Balaban J connectivity index is 2.26. The van der Waals surface area contributed by atoms with Crippen LogP contribution in [0, 0.1) is 0 Å². The minimum absolute atomic E-state index is 0.0890. The van der Waals surface area contributed by atoms with Crippen LogP contribution in [0.25, 0.3) is 0 Å². The zero-order valence-electron chi connectivity index (χ0n) is 11.6. The summed E-state index contributed by atoms with van der Waals surface area (Å²) in [5.74, 6) is 0.0890. The van der Waals surface area contributed by atoms with E-state index in [4.69, 9.17) is 11.6 Å². The average Bonchev–Trinajstić information content (AvgIpc) is 2.82. The quantitative estimate of drug-likeness (QED) is 0.910. The van der Waals surface area contributed by atoms with Crippen molar-refractivity contribution in [2.75, 3.05) is 18.4 Å². The molecule has 0 bridgehead atoms. The van der Waals surface area contributed by atoms with Crippen molar-refractivity contribution in [1.82, 2.24) is 4.90 Å². The molecule has 0 aromatic heterocycles. The number of nitrogens with one attached hydrogen (secondary N) is 1. The molecule has 0 aliphatic carbocycles. The van der Waals surface area contributed by atoms with Gasteiger partial charge in [0.05, 0.1) is 5.56 Å². The van der Waals surface area contributed by atoms with Crippen LogP contribution in [-0.4, -0.2) is 29.9 Å². The van der Waals surface area contributed by atoms with Gasteiger partial charge >= 0.3 is 0 Å². The second-order valence-electron chi connectivity index (χ2n) is 5.11. The SMILES string of the molecule is CCCNc1ccc(Cl)cc1C(=O)N1CCCC1C. The van der Waals surface area contributed by atoms with Crippen LogP contribution in [-0.2, 0) is 0 Å². The molecule has 1 amide bonds. The van der Waals surface area contributed by atoms with Crippen LogP contribution in [0.15, 0.2) is 18.2 Å². The summed E-state index contributed by atoms with van der Waals surface area (Å²) in [6, 6.07) is 5.81. The van der Waals surface area contributed by atoms with E-state index in [1.54, 1.807) is 6.07 Å². The van der Waals surface area contributed by atoms with Crippen molar-refractivity contribution in [1.29, 1.82) is 0 Å². The van der Waals surface area contributed by atoms with Crippen LogP contribution < -0.4 is 5.32 Å². The highest BCUT2D eigenvalue weighted by Crippen LogP contribution is 2.26. The molecule has 1 N–H and O–H groups in total. The van der Waals surface area contributed by atoms with Crippen molar-refractivity contribution in [3.05, 3.63) is 28.8 Å². The fourth-order valence-electron chi connectivity index (χ4n) is 2.50. The fourth-order valence-corrected chi connectivity index (χ4v) is 2.67. The number of carbonyl (C=O) groups is 1. The van der Waals surface area contributed by atoms with E-state index < -0.39 is 0 Å². The predicted octanol–water partition coefficient (Wildman–Crippen LogP) is 3.79. The van der Waals surface area contributed by atoms with Gasteiger partial charge in [-0.2, -0.15) is 0 Å². The maximum absolute atomic E-state index is 12.6. The second-order valence-corrected chi connectivity index (χ2v) is 5.54. The zero-order valence-corrected chi connectivity index (χ0v) is 12.3. The first-order valence-corrected chi connectivity index (χ1v) is 7.35.